The quantitative estimate of drug-likeness (QED) is 0.632. The molecule has 8 heteroatoms. The predicted octanol–water partition coefficient (Wildman–Crippen LogP) is 3.10. The number of hydrogen-bond acceptors (Lipinski definition) is 6. The van der Waals surface area contributed by atoms with Gasteiger partial charge in [-0.05, 0) is 36.4 Å². The number of allylic oxidation sites excluding steroid dienone is 1. The number of pyridine rings is 1. The van der Waals surface area contributed by atoms with Gasteiger partial charge in [-0.2, -0.15) is 0 Å². The number of Topliss-reactive ketones (excluding diaryl/α,β-unsaturated/α-hetero) is 1. The van der Waals surface area contributed by atoms with Crippen molar-refractivity contribution < 1.29 is 18.0 Å². The Labute approximate surface area is 167 Å². The maximum Gasteiger partial charge on any atom is 0.263 e. The van der Waals surface area contributed by atoms with Crippen LogP contribution in [-0.4, -0.2) is 25.0 Å². The highest BCUT2D eigenvalue weighted by molar-refractivity contribution is 7.92. The summed E-state index contributed by atoms with van der Waals surface area (Å²) in [7, 11) is -3.78. The molecule has 0 fully saturated rings. The van der Waals surface area contributed by atoms with E-state index in [1.807, 2.05) is 0 Å². The zero-order chi connectivity index (χ0) is 20.4. The van der Waals surface area contributed by atoms with Crippen LogP contribution in [0.5, 0.6) is 0 Å². The summed E-state index contributed by atoms with van der Waals surface area (Å²) >= 11 is 0. The average molecular weight is 405 g/mol. The molecule has 0 saturated heterocycles. The summed E-state index contributed by atoms with van der Waals surface area (Å²) in [6, 6.07) is 17.8. The molecule has 0 spiro atoms. The number of nitrogens with one attached hydrogen (secondary N) is 2. The fourth-order valence-corrected chi connectivity index (χ4v) is 3.93. The molecule has 1 aromatic heterocycles. The van der Waals surface area contributed by atoms with Gasteiger partial charge in [-0.3, -0.25) is 14.3 Å². The van der Waals surface area contributed by atoms with Crippen molar-refractivity contribution in [2.75, 3.05) is 10.0 Å². The van der Waals surface area contributed by atoms with Crippen molar-refractivity contribution in [3.05, 3.63) is 90.1 Å². The molecule has 0 aliphatic heterocycles. The van der Waals surface area contributed by atoms with Gasteiger partial charge in [0.25, 0.3) is 10.0 Å². The minimum absolute atomic E-state index is 0.0676. The summed E-state index contributed by atoms with van der Waals surface area (Å²) in [5.74, 6) is -0.931. The smallest absolute Gasteiger partial charge is 0.263 e. The molecule has 29 heavy (non-hydrogen) atoms. The summed E-state index contributed by atoms with van der Waals surface area (Å²) in [5, 5.41) is 3.08. The van der Waals surface area contributed by atoms with E-state index in [9.17, 15) is 18.0 Å². The third-order valence-electron chi connectivity index (χ3n) is 4.31. The van der Waals surface area contributed by atoms with Crippen LogP contribution in [0, 0.1) is 0 Å². The number of carbonyl (C=O) groups is 2. The predicted molar refractivity (Wildman–Crippen MR) is 109 cm³/mol. The van der Waals surface area contributed by atoms with Crippen LogP contribution in [0.2, 0.25) is 0 Å². The van der Waals surface area contributed by atoms with Crippen molar-refractivity contribution in [1.29, 1.82) is 0 Å². The molecule has 2 aromatic carbocycles. The molecular formula is C21H15N3O4S. The first-order valence-electron chi connectivity index (χ1n) is 8.65. The van der Waals surface area contributed by atoms with Gasteiger partial charge in [0.15, 0.2) is 0 Å². The van der Waals surface area contributed by atoms with E-state index in [-0.39, 0.29) is 10.7 Å². The average Bonchev–Trinajstić information content (AvgIpc) is 2.73. The van der Waals surface area contributed by atoms with Crippen molar-refractivity contribution in [1.82, 2.24) is 4.98 Å². The summed E-state index contributed by atoms with van der Waals surface area (Å²) in [6.45, 7) is 0. The summed E-state index contributed by atoms with van der Waals surface area (Å²) in [4.78, 5) is 28.0. The van der Waals surface area contributed by atoms with Gasteiger partial charge in [0.1, 0.15) is 5.82 Å². The van der Waals surface area contributed by atoms with Gasteiger partial charge in [-0.25, -0.2) is 13.4 Å². The number of nitrogens with zero attached hydrogens (tertiary/aromatic N) is 1. The molecule has 1 heterocycles. The Balaban J connectivity index is 1.57. The zero-order valence-electron chi connectivity index (χ0n) is 15.0. The molecule has 0 radical (unpaired) electrons. The SMILES string of the molecule is O=C1C=C(Nc2ccc(S(=O)(=O)Nc3ccccn3)cc2)c2ccccc2C1=O. The lowest BCUT2D eigenvalue weighted by molar-refractivity contribution is -0.111. The second-order valence-electron chi connectivity index (χ2n) is 6.27. The van der Waals surface area contributed by atoms with Gasteiger partial charge in [0.2, 0.25) is 11.6 Å². The minimum Gasteiger partial charge on any atom is -0.355 e. The van der Waals surface area contributed by atoms with E-state index in [1.54, 1.807) is 54.6 Å². The molecule has 1 aliphatic carbocycles. The maximum atomic E-state index is 12.5. The first-order chi connectivity index (χ1) is 13.9. The molecule has 0 atom stereocenters. The number of aromatic nitrogens is 1. The highest BCUT2D eigenvalue weighted by Gasteiger charge is 2.25. The van der Waals surface area contributed by atoms with Gasteiger partial charge in [0.05, 0.1) is 10.6 Å². The second-order valence-corrected chi connectivity index (χ2v) is 7.95. The lowest BCUT2D eigenvalue weighted by Crippen LogP contribution is -2.20. The van der Waals surface area contributed by atoms with Crippen molar-refractivity contribution in [2.45, 2.75) is 4.90 Å². The van der Waals surface area contributed by atoms with Crippen molar-refractivity contribution in [3.8, 4) is 0 Å². The van der Waals surface area contributed by atoms with E-state index in [1.165, 1.54) is 24.4 Å². The number of benzene rings is 2. The van der Waals surface area contributed by atoms with E-state index in [0.29, 0.717) is 22.5 Å². The largest absolute Gasteiger partial charge is 0.355 e. The van der Waals surface area contributed by atoms with E-state index in [2.05, 4.69) is 15.0 Å². The maximum absolute atomic E-state index is 12.5. The lowest BCUT2D eigenvalue weighted by atomic mass is 9.93. The van der Waals surface area contributed by atoms with Crippen molar-refractivity contribution in [3.63, 3.8) is 0 Å². The Morgan fingerprint density at radius 3 is 2.17 bits per heavy atom. The normalized spacial score (nSPS) is 13.4. The Kier molecular flexibility index (Phi) is 4.69. The highest BCUT2D eigenvalue weighted by atomic mass is 32.2. The van der Waals surface area contributed by atoms with E-state index in [4.69, 9.17) is 0 Å². The number of ketones is 2. The Morgan fingerprint density at radius 2 is 1.48 bits per heavy atom. The highest BCUT2D eigenvalue weighted by Crippen LogP contribution is 2.27. The standard InChI is InChI=1S/C21H15N3O4S/c25-19-13-18(16-5-1-2-6-17(16)21(19)26)23-14-8-10-15(11-9-14)29(27,28)24-20-7-3-4-12-22-20/h1-13,23H,(H,22,24). The molecule has 0 unspecified atom stereocenters. The van der Waals surface area contributed by atoms with Gasteiger partial charge in [0, 0.05) is 29.1 Å². The number of carbonyl (C=O) groups excluding carboxylic acids is 2. The minimum atomic E-state index is -3.78. The lowest BCUT2D eigenvalue weighted by Gasteiger charge is -2.18. The molecular weight excluding hydrogens is 390 g/mol. The molecule has 0 amide bonds. The van der Waals surface area contributed by atoms with E-state index >= 15 is 0 Å². The van der Waals surface area contributed by atoms with Gasteiger partial charge in [-0.1, -0.05) is 30.3 Å². The molecule has 3 aromatic rings. The molecule has 7 nitrogen and oxygen atoms in total. The van der Waals surface area contributed by atoms with Crippen molar-refractivity contribution in [2.24, 2.45) is 0 Å². The number of rotatable bonds is 5. The van der Waals surface area contributed by atoms with Crippen LogP contribution in [-0.2, 0) is 14.8 Å². The third kappa shape index (κ3) is 3.78. The van der Waals surface area contributed by atoms with Gasteiger partial charge >= 0.3 is 0 Å². The van der Waals surface area contributed by atoms with Gasteiger partial charge < -0.3 is 5.32 Å². The Bertz CT molecular complexity index is 1230. The summed E-state index contributed by atoms with van der Waals surface area (Å²) < 4.78 is 27.4. The first kappa shape index (κ1) is 18.6. The molecule has 0 saturated carbocycles. The van der Waals surface area contributed by atoms with Crippen LogP contribution in [0.3, 0.4) is 0 Å². The number of hydrogen-bond donors (Lipinski definition) is 2. The second kappa shape index (κ2) is 7.33. The van der Waals surface area contributed by atoms with Crippen molar-refractivity contribution >= 4 is 38.8 Å². The molecule has 4 rings (SSSR count). The zero-order valence-corrected chi connectivity index (χ0v) is 15.8. The van der Waals surface area contributed by atoms with E-state index < -0.39 is 21.6 Å². The van der Waals surface area contributed by atoms with Crippen LogP contribution >= 0.6 is 0 Å². The summed E-state index contributed by atoms with van der Waals surface area (Å²) in [5.41, 5.74) is 2.00. The topological polar surface area (TPSA) is 105 Å². The van der Waals surface area contributed by atoms with E-state index in [0.717, 1.165) is 0 Å². The Hall–Kier alpha value is -3.78. The number of fused-ring (bicyclic) bond motifs is 1. The van der Waals surface area contributed by atoms with Crippen LogP contribution in [0.15, 0.2) is 83.9 Å². The fraction of sp³-hybridized carbons (Fsp3) is 0. The van der Waals surface area contributed by atoms with Crippen LogP contribution in [0.4, 0.5) is 11.5 Å². The van der Waals surface area contributed by atoms with Crippen LogP contribution in [0.1, 0.15) is 15.9 Å². The Morgan fingerprint density at radius 1 is 0.793 bits per heavy atom. The molecule has 144 valence electrons. The molecule has 0 bridgehead atoms. The first-order valence-corrected chi connectivity index (χ1v) is 10.1. The monoisotopic (exact) mass is 405 g/mol. The number of sulfonamides is 1. The fourth-order valence-electron chi connectivity index (χ4n) is 2.92. The third-order valence-corrected chi connectivity index (χ3v) is 5.68. The molecule has 2 N–H and O–H groups in total. The van der Waals surface area contributed by atoms with Crippen LogP contribution in [0.25, 0.3) is 5.70 Å². The molecule has 1 aliphatic rings. The van der Waals surface area contributed by atoms with Gasteiger partial charge in [-0.15, -0.1) is 0 Å². The van der Waals surface area contributed by atoms with Crippen LogP contribution < -0.4 is 10.0 Å². The summed E-state index contributed by atoms with van der Waals surface area (Å²) in [6.07, 6.45) is 2.74. The number of anilines is 2.